The summed E-state index contributed by atoms with van der Waals surface area (Å²) in [4.78, 5) is 24.5. The lowest BCUT2D eigenvalue weighted by Crippen LogP contribution is -2.13. The number of nitrogens with one attached hydrogen (secondary N) is 2. The van der Waals surface area contributed by atoms with Gasteiger partial charge in [-0.3, -0.25) is 9.59 Å². The SMILES string of the molecule is COc1cccc(NC(=O)c2nnc(CCC(=O)Nc3cccc(Cl)c3C)s2)c1. The van der Waals surface area contributed by atoms with Crippen LogP contribution in [0.15, 0.2) is 42.5 Å². The molecule has 2 N–H and O–H groups in total. The Bertz CT molecular complexity index is 1040. The van der Waals surface area contributed by atoms with Gasteiger partial charge in [0.25, 0.3) is 5.91 Å². The van der Waals surface area contributed by atoms with Crippen molar-refractivity contribution < 1.29 is 14.3 Å². The van der Waals surface area contributed by atoms with Crippen LogP contribution in [-0.2, 0) is 11.2 Å². The number of carbonyl (C=O) groups is 2. The molecule has 2 aromatic carbocycles. The van der Waals surface area contributed by atoms with Crippen molar-refractivity contribution >= 4 is 46.1 Å². The first-order chi connectivity index (χ1) is 14.0. The molecular formula is C20H19ClN4O3S. The number of aryl methyl sites for hydroxylation is 1. The zero-order chi connectivity index (χ0) is 20.8. The zero-order valence-corrected chi connectivity index (χ0v) is 17.4. The van der Waals surface area contributed by atoms with Crippen molar-refractivity contribution in [2.24, 2.45) is 0 Å². The number of ether oxygens (including phenoxy) is 1. The van der Waals surface area contributed by atoms with Crippen LogP contribution in [-0.4, -0.2) is 29.1 Å². The third-order valence-corrected chi connectivity index (χ3v) is 5.49. The van der Waals surface area contributed by atoms with E-state index in [0.29, 0.717) is 33.6 Å². The molecular weight excluding hydrogens is 412 g/mol. The van der Waals surface area contributed by atoms with E-state index in [4.69, 9.17) is 16.3 Å². The van der Waals surface area contributed by atoms with Crippen LogP contribution in [0.3, 0.4) is 0 Å². The molecule has 3 aromatic rings. The van der Waals surface area contributed by atoms with Gasteiger partial charge in [-0.2, -0.15) is 0 Å². The minimum atomic E-state index is -0.360. The molecule has 0 aliphatic rings. The molecule has 0 unspecified atom stereocenters. The number of aromatic nitrogens is 2. The van der Waals surface area contributed by atoms with Crippen molar-refractivity contribution in [3.63, 3.8) is 0 Å². The Morgan fingerprint density at radius 2 is 1.93 bits per heavy atom. The number of benzene rings is 2. The summed E-state index contributed by atoms with van der Waals surface area (Å²) in [6, 6.07) is 12.4. The highest BCUT2D eigenvalue weighted by atomic mass is 35.5. The van der Waals surface area contributed by atoms with Crippen molar-refractivity contribution in [2.75, 3.05) is 17.7 Å². The Morgan fingerprint density at radius 3 is 2.72 bits per heavy atom. The fourth-order valence-electron chi connectivity index (χ4n) is 2.51. The molecule has 0 bridgehead atoms. The number of hydrogen-bond donors (Lipinski definition) is 2. The summed E-state index contributed by atoms with van der Waals surface area (Å²) in [5.74, 6) is 0.121. The molecule has 29 heavy (non-hydrogen) atoms. The molecule has 1 heterocycles. The molecule has 0 saturated carbocycles. The lowest BCUT2D eigenvalue weighted by Gasteiger charge is -2.08. The fraction of sp³-hybridized carbons (Fsp3) is 0.200. The van der Waals surface area contributed by atoms with E-state index in [9.17, 15) is 9.59 Å². The van der Waals surface area contributed by atoms with Crippen LogP contribution < -0.4 is 15.4 Å². The van der Waals surface area contributed by atoms with Crippen molar-refractivity contribution in [3.8, 4) is 5.75 Å². The Hall–Kier alpha value is -2.97. The van der Waals surface area contributed by atoms with E-state index < -0.39 is 0 Å². The van der Waals surface area contributed by atoms with Gasteiger partial charge < -0.3 is 15.4 Å². The lowest BCUT2D eigenvalue weighted by atomic mass is 10.2. The van der Waals surface area contributed by atoms with Crippen molar-refractivity contribution in [2.45, 2.75) is 19.8 Å². The summed E-state index contributed by atoms with van der Waals surface area (Å²) in [7, 11) is 1.56. The number of rotatable bonds is 7. The van der Waals surface area contributed by atoms with Crippen LogP contribution in [0.4, 0.5) is 11.4 Å². The fourth-order valence-corrected chi connectivity index (χ4v) is 3.42. The maximum atomic E-state index is 12.3. The molecule has 3 rings (SSSR count). The number of carbonyl (C=O) groups excluding carboxylic acids is 2. The molecule has 150 valence electrons. The van der Waals surface area contributed by atoms with Gasteiger partial charge in [0, 0.05) is 35.3 Å². The third kappa shape index (κ3) is 5.52. The molecule has 2 amide bonds. The number of amides is 2. The van der Waals surface area contributed by atoms with Crippen LogP contribution in [0.25, 0.3) is 0 Å². The molecule has 1 aromatic heterocycles. The van der Waals surface area contributed by atoms with Crippen molar-refractivity contribution in [1.82, 2.24) is 10.2 Å². The predicted octanol–water partition coefficient (Wildman–Crippen LogP) is 4.33. The number of halogens is 1. The molecule has 0 fully saturated rings. The Balaban J connectivity index is 1.55. The molecule has 0 saturated heterocycles. The molecule has 0 radical (unpaired) electrons. The third-order valence-electron chi connectivity index (χ3n) is 4.10. The second-order valence-corrected chi connectivity index (χ2v) is 7.62. The van der Waals surface area contributed by atoms with Gasteiger partial charge in [0.1, 0.15) is 10.8 Å². The topological polar surface area (TPSA) is 93.2 Å². The van der Waals surface area contributed by atoms with E-state index in [-0.39, 0.29) is 23.2 Å². The van der Waals surface area contributed by atoms with Crippen LogP contribution in [0.5, 0.6) is 5.75 Å². The summed E-state index contributed by atoms with van der Waals surface area (Å²) in [5, 5.41) is 14.9. The second-order valence-electron chi connectivity index (χ2n) is 6.15. The number of hydrogen-bond acceptors (Lipinski definition) is 6. The summed E-state index contributed by atoms with van der Waals surface area (Å²) in [6.07, 6.45) is 0.605. The van der Waals surface area contributed by atoms with Gasteiger partial charge in [-0.05, 0) is 36.8 Å². The molecule has 0 spiro atoms. The van der Waals surface area contributed by atoms with E-state index in [1.54, 1.807) is 49.6 Å². The van der Waals surface area contributed by atoms with Gasteiger partial charge in [0.05, 0.1) is 7.11 Å². The summed E-state index contributed by atoms with van der Waals surface area (Å²) in [5.41, 5.74) is 2.09. The number of methoxy groups -OCH3 is 1. The van der Waals surface area contributed by atoms with Gasteiger partial charge >= 0.3 is 0 Å². The van der Waals surface area contributed by atoms with Gasteiger partial charge in [0.15, 0.2) is 0 Å². The molecule has 0 atom stereocenters. The standard InChI is InChI=1S/C20H19ClN4O3S/c1-12-15(21)7-4-8-16(12)23-17(26)9-10-18-24-25-20(29-18)19(27)22-13-5-3-6-14(11-13)28-2/h3-8,11H,9-10H2,1-2H3,(H,22,27)(H,23,26). The smallest absolute Gasteiger partial charge is 0.286 e. The predicted molar refractivity (Wildman–Crippen MR) is 114 cm³/mol. The first kappa shape index (κ1) is 20.8. The van der Waals surface area contributed by atoms with Crippen molar-refractivity contribution in [1.29, 1.82) is 0 Å². The first-order valence-electron chi connectivity index (χ1n) is 8.79. The summed E-state index contributed by atoms with van der Waals surface area (Å²) >= 11 is 7.22. The largest absolute Gasteiger partial charge is 0.497 e. The summed E-state index contributed by atoms with van der Waals surface area (Å²) < 4.78 is 5.14. The van der Waals surface area contributed by atoms with E-state index in [1.807, 2.05) is 6.92 Å². The molecule has 0 aliphatic carbocycles. The highest BCUT2D eigenvalue weighted by Crippen LogP contribution is 2.23. The van der Waals surface area contributed by atoms with Gasteiger partial charge in [-0.15, -0.1) is 10.2 Å². The summed E-state index contributed by atoms with van der Waals surface area (Å²) in [6.45, 7) is 1.84. The highest BCUT2D eigenvalue weighted by Gasteiger charge is 2.15. The van der Waals surface area contributed by atoms with E-state index >= 15 is 0 Å². The van der Waals surface area contributed by atoms with E-state index in [1.165, 1.54) is 0 Å². The Labute approximate surface area is 177 Å². The average Bonchev–Trinajstić information content (AvgIpc) is 3.19. The second kappa shape index (κ2) is 9.49. The molecule has 7 nitrogen and oxygen atoms in total. The quantitative estimate of drug-likeness (QED) is 0.581. The van der Waals surface area contributed by atoms with Gasteiger partial charge in [0.2, 0.25) is 10.9 Å². The first-order valence-corrected chi connectivity index (χ1v) is 9.98. The minimum Gasteiger partial charge on any atom is -0.497 e. The van der Waals surface area contributed by atoms with Crippen molar-refractivity contribution in [3.05, 3.63) is 63.1 Å². The Morgan fingerprint density at radius 1 is 1.14 bits per heavy atom. The Kier molecular flexibility index (Phi) is 6.79. The normalized spacial score (nSPS) is 10.4. The number of nitrogens with zero attached hydrogens (tertiary/aromatic N) is 2. The van der Waals surface area contributed by atoms with Gasteiger partial charge in [-0.1, -0.05) is 35.1 Å². The minimum absolute atomic E-state index is 0.159. The van der Waals surface area contributed by atoms with Crippen LogP contribution in [0.1, 0.15) is 26.8 Å². The number of anilines is 2. The molecule has 9 heteroatoms. The van der Waals surface area contributed by atoms with E-state index in [0.717, 1.165) is 16.9 Å². The van der Waals surface area contributed by atoms with Crippen LogP contribution >= 0.6 is 22.9 Å². The van der Waals surface area contributed by atoms with Crippen LogP contribution in [0, 0.1) is 6.92 Å². The maximum absolute atomic E-state index is 12.3. The monoisotopic (exact) mass is 430 g/mol. The zero-order valence-electron chi connectivity index (χ0n) is 15.9. The average molecular weight is 431 g/mol. The van der Waals surface area contributed by atoms with Crippen LogP contribution in [0.2, 0.25) is 5.02 Å². The molecule has 0 aliphatic heterocycles. The van der Waals surface area contributed by atoms with E-state index in [2.05, 4.69) is 20.8 Å². The van der Waals surface area contributed by atoms with Gasteiger partial charge in [-0.25, -0.2) is 0 Å². The lowest BCUT2D eigenvalue weighted by molar-refractivity contribution is -0.116. The highest BCUT2D eigenvalue weighted by molar-refractivity contribution is 7.13. The maximum Gasteiger partial charge on any atom is 0.286 e.